The number of hydrogen-bond acceptors (Lipinski definition) is 5. The van der Waals surface area contributed by atoms with Crippen molar-refractivity contribution >= 4 is 28.9 Å². The molecule has 0 saturated heterocycles. The molecule has 2 N–H and O–H groups in total. The van der Waals surface area contributed by atoms with E-state index in [1.165, 1.54) is 32.1 Å². The zero-order chi connectivity index (χ0) is 18.8. The summed E-state index contributed by atoms with van der Waals surface area (Å²) < 4.78 is 5.18. The van der Waals surface area contributed by atoms with E-state index in [2.05, 4.69) is 16.3 Å². The highest BCUT2D eigenvalue weighted by atomic mass is 35.5. The van der Waals surface area contributed by atoms with Crippen molar-refractivity contribution < 1.29 is 14.6 Å². The van der Waals surface area contributed by atoms with Crippen molar-refractivity contribution in [3.63, 3.8) is 0 Å². The monoisotopic (exact) mass is 388 g/mol. The van der Waals surface area contributed by atoms with Gasteiger partial charge in [-0.1, -0.05) is 36.9 Å². The number of aliphatic hydroxyl groups excluding tert-OH is 1. The Morgan fingerprint density at radius 3 is 2.89 bits per heavy atom. The second kappa shape index (κ2) is 6.14. The summed E-state index contributed by atoms with van der Waals surface area (Å²) in [6.45, 7) is 2.10. The third kappa shape index (κ3) is 2.44. The van der Waals surface area contributed by atoms with Crippen LogP contribution in [-0.4, -0.2) is 29.4 Å². The van der Waals surface area contributed by atoms with Crippen molar-refractivity contribution in [1.29, 1.82) is 0 Å². The number of nitrogens with one attached hydrogen (secondary N) is 1. The first-order valence-corrected chi connectivity index (χ1v) is 10.4. The zero-order valence-electron chi connectivity index (χ0n) is 15.5. The van der Waals surface area contributed by atoms with Crippen molar-refractivity contribution in [3.05, 3.63) is 34.5 Å². The summed E-state index contributed by atoms with van der Waals surface area (Å²) >= 11 is 6.36. The number of anilines is 2. The summed E-state index contributed by atoms with van der Waals surface area (Å²) in [4.78, 5) is 14.7. The third-order valence-electron chi connectivity index (χ3n) is 6.78. The van der Waals surface area contributed by atoms with Gasteiger partial charge in [0, 0.05) is 5.92 Å². The minimum Gasteiger partial charge on any atom is -0.462 e. The van der Waals surface area contributed by atoms with E-state index >= 15 is 0 Å². The van der Waals surface area contributed by atoms with Crippen LogP contribution in [0.3, 0.4) is 0 Å². The van der Waals surface area contributed by atoms with Crippen LogP contribution in [0.15, 0.2) is 23.9 Å². The number of benzene rings is 1. The van der Waals surface area contributed by atoms with Gasteiger partial charge in [-0.25, -0.2) is 4.79 Å². The molecule has 6 heteroatoms. The number of ether oxygens (including phenoxy) is 1. The summed E-state index contributed by atoms with van der Waals surface area (Å²) in [6, 6.07) is 3.58. The Labute approximate surface area is 164 Å². The van der Waals surface area contributed by atoms with E-state index in [4.69, 9.17) is 16.3 Å². The number of halogens is 1. The molecule has 5 rings (SSSR count). The lowest BCUT2D eigenvalue weighted by Gasteiger charge is -2.45. The molecule has 0 radical (unpaired) electrons. The van der Waals surface area contributed by atoms with E-state index in [0.717, 1.165) is 23.5 Å². The smallest absolute Gasteiger partial charge is 0.339 e. The fourth-order valence-electron chi connectivity index (χ4n) is 5.55. The summed E-state index contributed by atoms with van der Waals surface area (Å²) in [5, 5.41) is 14.2. The van der Waals surface area contributed by atoms with Crippen LogP contribution in [0.1, 0.15) is 55.8 Å². The number of carbonyl (C=O) groups is 1. The quantitative estimate of drug-likeness (QED) is 0.756. The fourth-order valence-corrected chi connectivity index (χ4v) is 5.80. The Morgan fingerprint density at radius 1 is 1.37 bits per heavy atom. The molecule has 2 aliphatic heterocycles. The number of carbonyl (C=O) groups excluding carboxylic acids is 1. The molecule has 2 heterocycles. The number of nitrogens with zero attached hydrogens (tertiary/aromatic N) is 1. The average molecular weight is 389 g/mol. The van der Waals surface area contributed by atoms with Crippen LogP contribution in [0.25, 0.3) is 0 Å². The molecule has 2 aliphatic carbocycles. The predicted octanol–water partition coefficient (Wildman–Crippen LogP) is 4.30. The Morgan fingerprint density at radius 2 is 2.15 bits per heavy atom. The van der Waals surface area contributed by atoms with Crippen LogP contribution >= 0.6 is 11.6 Å². The summed E-state index contributed by atoms with van der Waals surface area (Å²) in [6.07, 6.45) is 8.99. The summed E-state index contributed by atoms with van der Waals surface area (Å²) in [5.41, 5.74) is 3.08. The van der Waals surface area contributed by atoms with Gasteiger partial charge in [-0.2, -0.15) is 0 Å². The molecule has 4 aliphatic rings. The molecule has 3 atom stereocenters. The summed E-state index contributed by atoms with van der Waals surface area (Å²) in [5.74, 6) is 0.713. The van der Waals surface area contributed by atoms with Crippen molar-refractivity contribution in [2.24, 2.45) is 11.8 Å². The second-order valence-electron chi connectivity index (χ2n) is 8.18. The second-order valence-corrected chi connectivity index (χ2v) is 8.59. The van der Waals surface area contributed by atoms with E-state index in [1.54, 1.807) is 13.0 Å². The average Bonchev–Trinajstić information content (AvgIpc) is 3.28. The summed E-state index contributed by atoms with van der Waals surface area (Å²) in [7, 11) is 0. The molecule has 0 amide bonds. The number of aliphatic hydroxyl groups is 1. The third-order valence-corrected chi connectivity index (χ3v) is 7.09. The highest BCUT2D eigenvalue weighted by molar-refractivity contribution is 6.34. The maximum atomic E-state index is 12.4. The lowest BCUT2D eigenvalue weighted by atomic mass is 9.80. The molecule has 3 unspecified atom stereocenters. The Kier molecular flexibility index (Phi) is 3.96. The molecule has 144 valence electrons. The molecule has 1 aromatic carbocycles. The van der Waals surface area contributed by atoms with Gasteiger partial charge in [-0.3, -0.25) is 0 Å². The first-order chi connectivity index (χ1) is 13.1. The Bertz CT molecular complexity index is 833. The molecular formula is C21H25ClN2O3. The van der Waals surface area contributed by atoms with Crippen molar-refractivity contribution in [2.75, 3.05) is 16.8 Å². The number of hydrogen-bond donors (Lipinski definition) is 2. The first-order valence-electron chi connectivity index (χ1n) is 10.0. The topological polar surface area (TPSA) is 61.8 Å². The lowest BCUT2D eigenvalue weighted by molar-refractivity contribution is 0.0526. The van der Waals surface area contributed by atoms with E-state index in [-0.39, 0.29) is 5.54 Å². The number of fused-ring (bicyclic) bond motifs is 5. The lowest BCUT2D eigenvalue weighted by Crippen LogP contribution is -2.48. The van der Waals surface area contributed by atoms with E-state index < -0.39 is 12.2 Å². The van der Waals surface area contributed by atoms with E-state index in [0.29, 0.717) is 29.0 Å². The minimum absolute atomic E-state index is 0.0628. The fraction of sp³-hybridized carbons (Fsp3) is 0.571. The molecule has 0 bridgehead atoms. The van der Waals surface area contributed by atoms with Crippen LogP contribution in [0, 0.1) is 11.8 Å². The minimum atomic E-state index is -0.740. The molecule has 2 fully saturated rings. The normalized spacial score (nSPS) is 31.4. The number of rotatable bonds is 3. The van der Waals surface area contributed by atoms with Gasteiger partial charge < -0.3 is 20.1 Å². The Balaban J connectivity index is 1.60. The van der Waals surface area contributed by atoms with Gasteiger partial charge in [0.05, 0.1) is 39.8 Å². The Hall–Kier alpha value is -1.72. The highest BCUT2D eigenvalue weighted by Crippen LogP contribution is 2.66. The molecular weight excluding hydrogens is 364 g/mol. The van der Waals surface area contributed by atoms with Crippen molar-refractivity contribution in [2.45, 2.75) is 57.2 Å². The SMILES string of the molecule is CCOC(=O)c1cc2c(cc1Cl)NC(O)C1=CC3CC3(C3CCCCC3)N12. The largest absolute Gasteiger partial charge is 0.462 e. The van der Waals surface area contributed by atoms with Crippen LogP contribution in [0.5, 0.6) is 0 Å². The first kappa shape index (κ1) is 17.4. The van der Waals surface area contributed by atoms with Gasteiger partial charge >= 0.3 is 5.97 Å². The van der Waals surface area contributed by atoms with Crippen LogP contribution < -0.4 is 10.2 Å². The van der Waals surface area contributed by atoms with Gasteiger partial charge in [0.25, 0.3) is 0 Å². The maximum Gasteiger partial charge on any atom is 0.339 e. The maximum absolute atomic E-state index is 12.4. The van der Waals surface area contributed by atoms with Gasteiger partial charge in [0.1, 0.15) is 0 Å². The van der Waals surface area contributed by atoms with E-state index in [1.807, 2.05) is 6.07 Å². The molecule has 5 nitrogen and oxygen atoms in total. The van der Waals surface area contributed by atoms with Gasteiger partial charge in [-0.15, -0.1) is 0 Å². The van der Waals surface area contributed by atoms with Crippen molar-refractivity contribution in [1.82, 2.24) is 0 Å². The highest BCUT2D eigenvalue weighted by Gasteiger charge is 2.67. The molecule has 1 aromatic rings. The number of esters is 1. The van der Waals surface area contributed by atoms with Crippen LogP contribution in [0.2, 0.25) is 5.02 Å². The molecule has 0 aromatic heterocycles. The van der Waals surface area contributed by atoms with Crippen molar-refractivity contribution in [3.8, 4) is 0 Å². The zero-order valence-corrected chi connectivity index (χ0v) is 16.3. The van der Waals surface area contributed by atoms with E-state index in [9.17, 15) is 9.90 Å². The van der Waals surface area contributed by atoms with Gasteiger partial charge in [0.15, 0.2) is 6.23 Å². The van der Waals surface area contributed by atoms with Crippen LogP contribution in [-0.2, 0) is 4.74 Å². The molecule has 27 heavy (non-hydrogen) atoms. The predicted molar refractivity (Wildman–Crippen MR) is 105 cm³/mol. The van der Waals surface area contributed by atoms with Gasteiger partial charge in [-0.05, 0) is 44.2 Å². The van der Waals surface area contributed by atoms with Gasteiger partial charge in [0.2, 0.25) is 0 Å². The molecule has 2 saturated carbocycles. The van der Waals surface area contributed by atoms with Crippen LogP contribution in [0.4, 0.5) is 11.4 Å². The standard InChI is InChI=1S/C21H25ClN2O3/c1-2-27-20(26)14-9-17-16(10-15(14)22)23-19(25)18-8-13-11-21(13,24(17)18)12-6-4-3-5-7-12/h8-10,12-13,19,23,25H,2-7,11H2,1H3. The molecule has 0 spiro atoms.